The van der Waals surface area contributed by atoms with E-state index in [2.05, 4.69) is 15.9 Å². The molecule has 176 valence electrons. The molecule has 0 saturated carbocycles. The van der Waals surface area contributed by atoms with Gasteiger partial charge in [-0.05, 0) is 66.3 Å². The van der Waals surface area contributed by atoms with Crippen LogP contribution in [0.4, 0.5) is 5.69 Å². The van der Waals surface area contributed by atoms with Crippen LogP contribution in [0.5, 0.6) is 17.2 Å². The molecule has 0 saturated heterocycles. The molecule has 6 heteroatoms. The Kier molecular flexibility index (Phi) is 8.02. The van der Waals surface area contributed by atoms with Gasteiger partial charge in [0.1, 0.15) is 23.0 Å². The number of ether oxygens (including phenoxy) is 2. The predicted molar refractivity (Wildman–Crippen MR) is 141 cm³/mol. The van der Waals surface area contributed by atoms with Crippen molar-refractivity contribution in [3.8, 4) is 17.2 Å². The molecule has 1 aromatic heterocycles. The Bertz CT molecular complexity index is 1380. The van der Waals surface area contributed by atoms with Crippen molar-refractivity contribution >= 4 is 34.1 Å². The number of ketones is 1. The highest BCUT2D eigenvalue weighted by atomic mass is 32.2. The number of nitrogens with zero attached hydrogens (tertiary/aromatic N) is 2. The van der Waals surface area contributed by atoms with E-state index < -0.39 is 0 Å². The van der Waals surface area contributed by atoms with Crippen LogP contribution in [-0.2, 0) is 17.6 Å². The summed E-state index contributed by atoms with van der Waals surface area (Å²) in [7, 11) is 0. The Balaban J connectivity index is 1.46. The van der Waals surface area contributed by atoms with Crippen molar-refractivity contribution in [2.75, 3.05) is 12.9 Å². The van der Waals surface area contributed by atoms with Crippen LogP contribution in [0.3, 0.4) is 0 Å². The van der Waals surface area contributed by atoms with Gasteiger partial charge in [-0.3, -0.25) is 9.78 Å². The van der Waals surface area contributed by atoms with E-state index in [1.165, 1.54) is 0 Å². The second kappa shape index (κ2) is 11.5. The summed E-state index contributed by atoms with van der Waals surface area (Å²) in [6.07, 6.45) is 5.36. The maximum absolute atomic E-state index is 12.6. The molecule has 0 atom stereocenters. The number of fused-ring (bicyclic) bond motifs is 1. The second-order valence-electron chi connectivity index (χ2n) is 8.10. The molecule has 3 aromatic carbocycles. The zero-order valence-electron chi connectivity index (χ0n) is 19.8. The van der Waals surface area contributed by atoms with Gasteiger partial charge in [-0.15, -0.1) is 11.8 Å². The molecule has 0 unspecified atom stereocenters. The first-order chi connectivity index (χ1) is 17.1. The number of aromatic nitrogens is 1. The zero-order valence-corrected chi connectivity index (χ0v) is 20.6. The molecule has 0 N–H and O–H groups in total. The van der Waals surface area contributed by atoms with E-state index >= 15 is 0 Å². The van der Waals surface area contributed by atoms with Gasteiger partial charge >= 0.3 is 0 Å². The van der Waals surface area contributed by atoms with E-state index in [0.29, 0.717) is 47.9 Å². The molecule has 0 amide bonds. The number of hydrogen-bond acceptors (Lipinski definition) is 5. The van der Waals surface area contributed by atoms with Gasteiger partial charge in [-0.25, -0.2) is 4.85 Å². The van der Waals surface area contributed by atoms with Crippen molar-refractivity contribution < 1.29 is 14.3 Å². The summed E-state index contributed by atoms with van der Waals surface area (Å²) in [5.74, 6) is 1.97. The van der Waals surface area contributed by atoms with Crippen LogP contribution in [0.1, 0.15) is 24.5 Å². The van der Waals surface area contributed by atoms with Gasteiger partial charge in [0.25, 0.3) is 0 Å². The molecule has 0 radical (unpaired) electrons. The topological polar surface area (TPSA) is 52.8 Å². The molecule has 0 spiro atoms. The van der Waals surface area contributed by atoms with Gasteiger partial charge in [-0.2, -0.15) is 0 Å². The number of pyridine rings is 1. The molecule has 1 heterocycles. The molecule has 4 rings (SSSR count). The average Bonchev–Trinajstić information content (AvgIpc) is 2.88. The van der Waals surface area contributed by atoms with Crippen molar-refractivity contribution in [1.82, 2.24) is 4.98 Å². The Morgan fingerprint density at radius 1 is 1.00 bits per heavy atom. The lowest BCUT2D eigenvalue weighted by Crippen LogP contribution is -2.06. The van der Waals surface area contributed by atoms with E-state index in [1.807, 2.05) is 55.6 Å². The maximum Gasteiger partial charge on any atom is 0.229 e. The Morgan fingerprint density at radius 3 is 2.54 bits per heavy atom. The van der Waals surface area contributed by atoms with Crippen LogP contribution in [0.2, 0.25) is 0 Å². The van der Waals surface area contributed by atoms with Crippen LogP contribution in [-0.4, -0.2) is 23.6 Å². The average molecular weight is 483 g/mol. The van der Waals surface area contributed by atoms with Gasteiger partial charge in [0.2, 0.25) is 5.69 Å². The summed E-state index contributed by atoms with van der Waals surface area (Å²) in [6.45, 7) is 10.1. The summed E-state index contributed by atoms with van der Waals surface area (Å²) in [5, 5.41) is 0.745. The lowest BCUT2D eigenvalue weighted by molar-refractivity contribution is -0.117. The van der Waals surface area contributed by atoms with Gasteiger partial charge < -0.3 is 9.47 Å². The molecule has 0 fully saturated rings. The fraction of sp³-hybridized carbons (Fsp3) is 0.207. The third-order valence-electron chi connectivity index (χ3n) is 5.45. The first kappa shape index (κ1) is 24.3. The smallest absolute Gasteiger partial charge is 0.229 e. The van der Waals surface area contributed by atoms with E-state index in [-0.39, 0.29) is 5.78 Å². The number of Topliss-reactive ketones (excluding diaryl/α,β-unsaturated/α-hetero) is 1. The van der Waals surface area contributed by atoms with E-state index in [1.54, 1.807) is 36.2 Å². The first-order valence-corrected chi connectivity index (χ1v) is 12.7. The van der Waals surface area contributed by atoms with Crippen molar-refractivity contribution in [3.05, 3.63) is 95.5 Å². The normalized spacial score (nSPS) is 10.7. The fourth-order valence-corrected chi connectivity index (χ4v) is 4.23. The Morgan fingerprint density at radius 2 is 1.80 bits per heavy atom. The molecule has 0 aliphatic heterocycles. The van der Waals surface area contributed by atoms with E-state index in [9.17, 15) is 4.79 Å². The number of thioether (sulfide) groups is 1. The van der Waals surface area contributed by atoms with Gasteiger partial charge in [0.15, 0.2) is 0 Å². The van der Waals surface area contributed by atoms with Crippen LogP contribution in [0, 0.1) is 6.57 Å². The fourth-order valence-electron chi connectivity index (χ4n) is 3.74. The standard InChI is InChI=1S/C29H26N2O3S/c1-4-14-33-29-19-26-25(18-27(29)30-2)28(12-13-31-26)34-23-10-8-20(9-11-23)15-22(32)16-21-6-5-7-24(17-21)35-3/h5-13,17-19H,4,14-16H2,1,3H3. The van der Waals surface area contributed by atoms with Crippen molar-refractivity contribution in [2.24, 2.45) is 0 Å². The first-order valence-electron chi connectivity index (χ1n) is 11.4. The minimum Gasteiger partial charge on any atom is -0.505 e. The summed E-state index contributed by atoms with van der Waals surface area (Å²) in [5.41, 5.74) is 3.11. The van der Waals surface area contributed by atoms with Crippen molar-refractivity contribution in [2.45, 2.75) is 31.1 Å². The molecule has 0 aliphatic carbocycles. The quantitative estimate of drug-likeness (QED) is 0.174. The summed E-state index contributed by atoms with van der Waals surface area (Å²) in [4.78, 5) is 21.8. The number of rotatable bonds is 10. The third-order valence-corrected chi connectivity index (χ3v) is 6.18. The van der Waals surface area contributed by atoms with Crippen LogP contribution in [0.25, 0.3) is 15.7 Å². The molecular weight excluding hydrogens is 456 g/mol. The highest BCUT2D eigenvalue weighted by Gasteiger charge is 2.12. The van der Waals surface area contributed by atoms with Gasteiger partial charge in [-0.1, -0.05) is 31.2 Å². The Labute approximate surface area is 209 Å². The van der Waals surface area contributed by atoms with Crippen molar-refractivity contribution in [3.63, 3.8) is 0 Å². The van der Waals surface area contributed by atoms with E-state index in [4.69, 9.17) is 16.0 Å². The summed E-state index contributed by atoms with van der Waals surface area (Å²) >= 11 is 1.67. The summed E-state index contributed by atoms with van der Waals surface area (Å²) < 4.78 is 11.8. The molecule has 35 heavy (non-hydrogen) atoms. The predicted octanol–water partition coefficient (Wildman–Crippen LogP) is 7.44. The monoisotopic (exact) mass is 482 g/mol. The zero-order chi connectivity index (χ0) is 24.6. The number of carbonyl (C=O) groups excluding carboxylic acids is 1. The minimum absolute atomic E-state index is 0.171. The maximum atomic E-state index is 12.6. The van der Waals surface area contributed by atoms with Crippen molar-refractivity contribution in [1.29, 1.82) is 0 Å². The molecule has 0 bridgehead atoms. The highest BCUT2D eigenvalue weighted by molar-refractivity contribution is 7.98. The van der Waals surface area contributed by atoms with Crippen LogP contribution < -0.4 is 9.47 Å². The SMILES string of the molecule is [C-]#[N+]c1cc2c(Oc3ccc(CC(=O)Cc4cccc(SC)c4)cc3)ccnc2cc1OCCC. The lowest BCUT2D eigenvalue weighted by Gasteiger charge is -2.12. The molecule has 5 nitrogen and oxygen atoms in total. The largest absolute Gasteiger partial charge is 0.505 e. The molecular formula is C29H26N2O3S. The number of benzene rings is 3. The molecule has 4 aromatic rings. The van der Waals surface area contributed by atoms with Gasteiger partial charge in [0, 0.05) is 29.3 Å². The van der Waals surface area contributed by atoms with E-state index in [0.717, 1.165) is 27.8 Å². The second-order valence-corrected chi connectivity index (χ2v) is 8.98. The Hall–Kier alpha value is -3.82. The minimum atomic E-state index is 0.171. The summed E-state index contributed by atoms with van der Waals surface area (Å²) in [6, 6.07) is 21.0. The van der Waals surface area contributed by atoms with Gasteiger partial charge in [0.05, 0.1) is 18.7 Å². The van der Waals surface area contributed by atoms with Crippen LogP contribution in [0.15, 0.2) is 77.8 Å². The number of hydrogen-bond donors (Lipinski definition) is 0. The van der Waals surface area contributed by atoms with Crippen LogP contribution >= 0.6 is 11.8 Å². The highest BCUT2D eigenvalue weighted by Crippen LogP contribution is 2.37. The number of carbonyl (C=O) groups is 1. The molecule has 0 aliphatic rings. The third kappa shape index (κ3) is 6.20. The lowest BCUT2D eigenvalue weighted by atomic mass is 10.0.